The fourth-order valence-electron chi connectivity index (χ4n) is 1.95. The monoisotopic (exact) mass is 334 g/mol. The summed E-state index contributed by atoms with van der Waals surface area (Å²) < 4.78 is 5.69. The number of benzene rings is 2. The van der Waals surface area contributed by atoms with Gasteiger partial charge in [-0.15, -0.1) is 0 Å². The molecular formula is C17H19ClN2O3. The molecule has 1 atom stereocenters. The molecule has 0 saturated carbocycles. The van der Waals surface area contributed by atoms with Crippen LogP contribution in [0.4, 0.5) is 0 Å². The lowest BCUT2D eigenvalue weighted by atomic mass is 10.2. The third-order valence-electron chi connectivity index (χ3n) is 3.32. The largest absolute Gasteiger partial charge is 0.489 e. The highest BCUT2D eigenvalue weighted by atomic mass is 35.5. The van der Waals surface area contributed by atoms with Crippen LogP contribution in [0.5, 0.6) is 5.75 Å². The number of ether oxygens (including phenoxy) is 1. The molecule has 0 spiro atoms. The van der Waals surface area contributed by atoms with Gasteiger partial charge in [0.2, 0.25) is 5.91 Å². The van der Waals surface area contributed by atoms with Gasteiger partial charge in [-0.05, 0) is 35.4 Å². The van der Waals surface area contributed by atoms with Gasteiger partial charge in [0.05, 0.1) is 6.61 Å². The zero-order valence-electron chi connectivity index (χ0n) is 12.5. The molecule has 4 N–H and O–H groups in total. The highest BCUT2D eigenvalue weighted by molar-refractivity contribution is 6.30. The van der Waals surface area contributed by atoms with E-state index in [9.17, 15) is 4.79 Å². The van der Waals surface area contributed by atoms with Gasteiger partial charge in [0.15, 0.2) is 0 Å². The Labute approximate surface area is 140 Å². The number of halogens is 1. The third-order valence-corrected chi connectivity index (χ3v) is 3.57. The number of rotatable bonds is 8. The summed E-state index contributed by atoms with van der Waals surface area (Å²) in [5.74, 6) is 0.174. The molecule has 0 heterocycles. The van der Waals surface area contributed by atoms with Crippen LogP contribution in [0.2, 0.25) is 5.02 Å². The van der Waals surface area contributed by atoms with Crippen LogP contribution in [-0.2, 0) is 17.9 Å². The van der Waals surface area contributed by atoms with Gasteiger partial charge in [-0.1, -0.05) is 35.9 Å². The van der Waals surface area contributed by atoms with E-state index < -0.39 is 11.9 Å². The molecule has 0 aliphatic carbocycles. The Morgan fingerprint density at radius 2 is 1.74 bits per heavy atom. The summed E-state index contributed by atoms with van der Waals surface area (Å²) in [5, 5.41) is 12.6. The number of nitrogens with two attached hydrogens (primary N) is 1. The maximum Gasteiger partial charge on any atom is 0.236 e. The second-order valence-corrected chi connectivity index (χ2v) is 5.51. The van der Waals surface area contributed by atoms with Crippen molar-refractivity contribution in [2.24, 2.45) is 5.73 Å². The summed E-state index contributed by atoms with van der Waals surface area (Å²) in [6, 6.07) is 14.2. The smallest absolute Gasteiger partial charge is 0.236 e. The van der Waals surface area contributed by atoms with Crippen molar-refractivity contribution in [3.63, 3.8) is 0 Å². The van der Waals surface area contributed by atoms with Crippen molar-refractivity contribution in [1.29, 1.82) is 0 Å². The molecule has 0 aromatic heterocycles. The van der Waals surface area contributed by atoms with Crippen LogP contribution < -0.4 is 15.8 Å². The number of nitrogens with one attached hydrogen (secondary N) is 1. The minimum Gasteiger partial charge on any atom is -0.489 e. The predicted molar refractivity (Wildman–Crippen MR) is 89.1 cm³/mol. The first-order chi connectivity index (χ1) is 11.1. The summed E-state index contributed by atoms with van der Waals surface area (Å²) in [4.78, 5) is 11.0. The van der Waals surface area contributed by atoms with Crippen LogP contribution in [0, 0.1) is 0 Å². The fraction of sp³-hybridized carbons (Fsp3) is 0.235. The number of hydrogen-bond acceptors (Lipinski definition) is 4. The van der Waals surface area contributed by atoms with Crippen molar-refractivity contribution in [3.05, 3.63) is 64.7 Å². The van der Waals surface area contributed by atoms with Gasteiger partial charge >= 0.3 is 0 Å². The topological polar surface area (TPSA) is 84.6 Å². The number of amides is 1. The van der Waals surface area contributed by atoms with E-state index in [1.165, 1.54) is 0 Å². The molecule has 5 nitrogen and oxygen atoms in total. The highest BCUT2D eigenvalue weighted by Gasteiger charge is 2.12. The molecule has 23 heavy (non-hydrogen) atoms. The van der Waals surface area contributed by atoms with Gasteiger partial charge in [-0.25, -0.2) is 0 Å². The molecule has 0 fully saturated rings. The first-order valence-corrected chi connectivity index (χ1v) is 7.56. The number of carbonyl (C=O) groups excluding carboxylic acids is 1. The second-order valence-electron chi connectivity index (χ2n) is 5.08. The van der Waals surface area contributed by atoms with E-state index in [0.717, 1.165) is 16.9 Å². The van der Waals surface area contributed by atoms with Crippen molar-refractivity contribution in [2.75, 3.05) is 6.61 Å². The van der Waals surface area contributed by atoms with Gasteiger partial charge in [0.1, 0.15) is 18.4 Å². The van der Waals surface area contributed by atoms with Gasteiger partial charge in [0.25, 0.3) is 0 Å². The summed E-state index contributed by atoms with van der Waals surface area (Å²) in [5.41, 5.74) is 7.15. The zero-order valence-corrected chi connectivity index (χ0v) is 13.3. The summed E-state index contributed by atoms with van der Waals surface area (Å²) >= 11 is 5.84. The lowest BCUT2D eigenvalue weighted by Gasteiger charge is -2.13. The minimum atomic E-state index is -0.740. The lowest BCUT2D eigenvalue weighted by Crippen LogP contribution is -2.43. The average molecular weight is 335 g/mol. The Balaban J connectivity index is 1.84. The SMILES string of the molecule is NC(=O)C(CO)NCc1ccc(OCc2ccc(Cl)cc2)cc1. The molecular weight excluding hydrogens is 316 g/mol. The highest BCUT2D eigenvalue weighted by Crippen LogP contribution is 2.15. The van der Waals surface area contributed by atoms with E-state index in [4.69, 9.17) is 27.2 Å². The summed E-state index contributed by atoms with van der Waals surface area (Å²) in [7, 11) is 0. The van der Waals surface area contributed by atoms with E-state index >= 15 is 0 Å². The molecule has 1 unspecified atom stereocenters. The Kier molecular flexibility index (Phi) is 6.40. The maximum atomic E-state index is 11.0. The van der Waals surface area contributed by atoms with Crippen molar-refractivity contribution in [3.8, 4) is 5.75 Å². The molecule has 0 radical (unpaired) electrons. The van der Waals surface area contributed by atoms with Crippen LogP contribution in [-0.4, -0.2) is 23.7 Å². The zero-order chi connectivity index (χ0) is 16.7. The molecule has 2 aromatic rings. The Morgan fingerprint density at radius 1 is 1.13 bits per heavy atom. The Hall–Kier alpha value is -2.08. The quantitative estimate of drug-likeness (QED) is 0.688. The standard InChI is InChI=1S/C17H19ClN2O3/c18-14-5-1-13(2-6-14)11-23-15-7-3-12(4-8-15)9-20-16(10-21)17(19)22/h1-8,16,20-21H,9-11H2,(H2,19,22). The Bertz CT molecular complexity index is 629. The third kappa shape index (κ3) is 5.56. The number of primary amides is 1. The number of carbonyl (C=O) groups is 1. The number of hydrogen-bond donors (Lipinski definition) is 3. The molecule has 6 heteroatoms. The first-order valence-electron chi connectivity index (χ1n) is 7.18. The van der Waals surface area contributed by atoms with Crippen LogP contribution in [0.25, 0.3) is 0 Å². The maximum absolute atomic E-state index is 11.0. The predicted octanol–water partition coefficient (Wildman–Crippen LogP) is 1.85. The van der Waals surface area contributed by atoms with E-state index in [0.29, 0.717) is 18.2 Å². The molecule has 122 valence electrons. The fourth-order valence-corrected chi connectivity index (χ4v) is 2.07. The van der Waals surface area contributed by atoms with Crippen LogP contribution in [0.15, 0.2) is 48.5 Å². The van der Waals surface area contributed by atoms with E-state index in [1.54, 1.807) is 0 Å². The average Bonchev–Trinajstić information content (AvgIpc) is 2.56. The molecule has 2 rings (SSSR count). The number of aliphatic hydroxyl groups excluding tert-OH is 1. The molecule has 2 aromatic carbocycles. The second kappa shape index (κ2) is 8.53. The molecule has 0 saturated heterocycles. The van der Waals surface area contributed by atoms with E-state index in [1.807, 2.05) is 48.5 Å². The van der Waals surface area contributed by atoms with Crippen LogP contribution in [0.3, 0.4) is 0 Å². The Morgan fingerprint density at radius 3 is 2.30 bits per heavy atom. The summed E-state index contributed by atoms with van der Waals surface area (Å²) in [6.07, 6.45) is 0. The summed E-state index contributed by atoms with van der Waals surface area (Å²) in [6.45, 7) is 0.576. The first kappa shape index (κ1) is 17.3. The van der Waals surface area contributed by atoms with Crippen molar-refractivity contribution in [1.82, 2.24) is 5.32 Å². The van der Waals surface area contributed by atoms with Gasteiger partial charge in [0, 0.05) is 11.6 Å². The normalized spacial score (nSPS) is 11.9. The molecule has 0 aliphatic heterocycles. The van der Waals surface area contributed by atoms with Crippen molar-refractivity contribution in [2.45, 2.75) is 19.2 Å². The van der Waals surface area contributed by atoms with Gasteiger partial charge in [-0.2, -0.15) is 0 Å². The van der Waals surface area contributed by atoms with Crippen molar-refractivity contribution >= 4 is 17.5 Å². The lowest BCUT2D eigenvalue weighted by molar-refractivity contribution is -0.120. The van der Waals surface area contributed by atoms with Crippen LogP contribution in [0.1, 0.15) is 11.1 Å². The minimum absolute atomic E-state index is 0.322. The van der Waals surface area contributed by atoms with Crippen LogP contribution >= 0.6 is 11.6 Å². The van der Waals surface area contributed by atoms with E-state index in [-0.39, 0.29) is 6.61 Å². The molecule has 0 aliphatic rings. The number of aliphatic hydroxyl groups is 1. The molecule has 0 bridgehead atoms. The van der Waals surface area contributed by atoms with Gasteiger partial charge in [-0.3, -0.25) is 10.1 Å². The van der Waals surface area contributed by atoms with Gasteiger partial charge < -0.3 is 15.6 Å². The van der Waals surface area contributed by atoms with Crippen molar-refractivity contribution < 1.29 is 14.6 Å². The van der Waals surface area contributed by atoms with E-state index in [2.05, 4.69) is 5.32 Å². The molecule has 1 amide bonds.